The molecule has 2 aliphatic carbocycles. The number of hydrogen-bond acceptors (Lipinski definition) is 4. The summed E-state index contributed by atoms with van der Waals surface area (Å²) in [6.07, 6.45) is 2.85. The summed E-state index contributed by atoms with van der Waals surface area (Å²) in [5.74, 6) is -1.07. The molecule has 2 saturated carbocycles. The van der Waals surface area contributed by atoms with E-state index >= 15 is 4.39 Å². The average Bonchev–Trinajstić information content (AvgIpc) is 3.76. The van der Waals surface area contributed by atoms with Gasteiger partial charge in [-0.05, 0) is 63.0 Å². The molecule has 6 nitrogen and oxygen atoms in total. The predicted molar refractivity (Wildman–Crippen MR) is 132 cm³/mol. The van der Waals surface area contributed by atoms with Crippen molar-refractivity contribution < 1.29 is 27.1 Å². The molecule has 0 radical (unpaired) electrons. The van der Waals surface area contributed by atoms with Crippen molar-refractivity contribution in [2.24, 2.45) is 11.3 Å². The van der Waals surface area contributed by atoms with E-state index in [0.29, 0.717) is 29.5 Å². The number of carbonyl (C=O) groups is 1. The first-order valence-corrected chi connectivity index (χ1v) is 14.0. The second-order valence-corrected chi connectivity index (χ2v) is 12.8. The number of carbonyl (C=O) groups excluding carboxylic acids is 1. The van der Waals surface area contributed by atoms with Crippen LogP contribution in [0.3, 0.4) is 0 Å². The Kier molecular flexibility index (Phi) is 6.24. The highest BCUT2D eigenvalue weighted by Gasteiger charge is 2.63. The van der Waals surface area contributed by atoms with E-state index in [0.717, 1.165) is 19.8 Å². The van der Waals surface area contributed by atoms with Gasteiger partial charge < -0.3 is 10.0 Å². The van der Waals surface area contributed by atoms with Crippen LogP contribution in [-0.2, 0) is 21.2 Å². The van der Waals surface area contributed by atoms with Gasteiger partial charge in [-0.1, -0.05) is 48.5 Å². The third-order valence-corrected chi connectivity index (χ3v) is 9.64. The Balaban J connectivity index is 1.53. The Labute approximate surface area is 210 Å². The lowest BCUT2D eigenvalue weighted by Crippen LogP contribution is -2.55. The van der Waals surface area contributed by atoms with Crippen LogP contribution in [0.2, 0.25) is 0 Å². The standard InChI is InChI=1S/C27H32F2N2O4S/c1-17(28)36(34,35)30-24-22(15-19-9-6-10-21(23(19)29)18-7-4-3-5-8-18)31(16-27(24)13-14-27)25(32)26(2,33)20-11-12-20/h3-10,17,20,22,24,30,33H,11-16H2,1-2H3/t17?,22-,24+,26-/m0/s1. The number of benzene rings is 2. The largest absolute Gasteiger partial charge is 0.380 e. The smallest absolute Gasteiger partial charge is 0.254 e. The average molecular weight is 519 g/mol. The first kappa shape index (κ1) is 25.3. The molecule has 4 atom stereocenters. The van der Waals surface area contributed by atoms with Crippen LogP contribution < -0.4 is 4.72 Å². The molecule has 9 heteroatoms. The van der Waals surface area contributed by atoms with Crippen LogP contribution >= 0.6 is 0 Å². The van der Waals surface area contributed by atoms with E-state index in [-0.39, 0.29) is 18.9 Å². The van der Waals surface area contributed by atoms with Gasteiger partial charge in [0.25, 0.3) is 5.91 Å². The maximum absolute atomic E-state index is 15.8. The molecule has 1 saturated heterocycles. The van der Waals surface area contributed by atoms with Crippen molar-refractivity contribution in [3.05, 3.63) is 59.9 Å². The van der Waals surface area contributed by atoms with Crippen LogP contribution in [0.25, 0.3) is 11.1 Å². The fourth-order valence-corrected chi connectivity index (χ4v) is 6.56. The summed E-state index contributed by atoms with van der Waals surface area (Å²) in [5, 5.41) is 11.0. The van der Waals surface area contributed by atoms with Gasteiger partial charge in [-0.2, -0.15) is 0 Å². The van der Waals surface area contributed by atoms with Gasteiger partial charge in [0, 0.05) is 23.6 Å². The molecule has 194 valence electrons. The number of amides is 1. The number of nitrogens with one attached hydrogen (secondary N) is 1. The van der Waals surface area contributed by atoms with Gasteiger partial charge in [0.05, 0.1) is 6.04 Å². The number of alkyl halides is 1. The predicted octanol–water partition coefficient (Wildman–Crippen LogP) is 3.79. The van der Waals surface area contributed by atoms with E-state index in [1.165, 1.54) is 11.8 Å². The zero-order valence-electron chi connectivity index (χ0n) is 20.5. The lowest BCUT2D eigenvalue weighted by atomic mass is 9.91. The molecular weight excluding hydrogens is 486 g/mol. The number of hydrogen-bond donors (Lipinski definition) is 2. The minimum Gasteiger partial charge on any atom is -0.380 e. The Morgan fingerprint density at radius 2 is 1.86 bits per heavy atom. The highest BCUT2D eigenvalue weighted by atomic mass is 32.2. The van der Waals surface area contributed by atoms with Gasteiger partial charge in [-0.3, -0.25) is 4.79 Å². The molecule has 1 unspecified atom stereocenters. The van der Waals surface area contributed by atoms with E-state index in [1.807, 2.05) is 18.2 Å². The first-order chi connectivity index (χ1) is 17.0. The molecule has 0 aromatic heterocycles. The lowest BCUT2D eigenvalue weighted by Gasteiger charge is -2.34. The molecule has 3 aliphatic rings. The fraction of sp³-hybridized carbons (Fsp3) is 0.519. The van der Waals surface area contributed by atoms with Crippen molar-refractivity contribution in [2.45, 2.75) is 69.1 Å². The summed E-state index contributed by atoms with van der Waals surface area (Å²) in [7, 11) is -4.30. The maximum Gasteiger partial charge on any atom is 0.254 e. The molecule has 5 rings (SSSR count). The summed E-state index contributed by atoms with van der Waals surface area (Å²) in [4.78, 5) is 15.1. The summed E-state index contributed by atoms with van der Waals surface area (Å²) >= 11 is 0. The van der Waals surface area contributed by atoms with Crippen molar-refractivity contribution in [3.8, 4) is 11.1 Å². The normalized spacial score (nSPS) is 25.5. The number of aliphatic hydroxyl groups is 1. The summed E-state index contributed by atoms with van der Waals surface area (Å²) in [6, 6.07) is 12.6. The Bertz CT molecular complexity index is 1260. The van der Waals surface area contributed by atoms with Crippen LogP contribution in [0.4, 0.5) is 8.78 Å². The molecular formula is C27H32F2N2O4S. The van der Waals surface area contributed by atoms with Gasteiger partial charge in [-0.15, -0.1) is 0 Å². The first-order valence-electron chi connectivity index (χ1n) is 12.5. The van der Waals surface area contributed by atoms with Crippen molar-refractivity contribution in [1.82, 2.24) is 9.62 Å². The van der Waals surface area contributed by atoms with E-state index < -0.39 is 50.4 Å². The quantitative estimate of drug-likeness (QED) is 0.557. The van der Waals surface area contributed by atoms with Crippen LogP contribution in [0.1, 0.15) is 45.1 Å². The third-order valence-electron chi connectivity index (χ3n) is 8.20. The molecule has 1 amide bonds. The third kappa shape index (κ3) is 4.46. The molecule has 2 aromatic carbocycles. The SMILES string of the molecule is CC(F)S(=O)(=O)N[C@@H]1[C@H](Cc2cccc(-c3ccccc3)c2F)N(C(=O)[C@@](C)(O)C2CC2)CC12CC2. The second-order valence-electron chi connectivity index (χ2n) is 10.8. The summed E-state index contributed by atoms with van der Waals surface area (Å²) in [6.45, 7) is 2.70. The monoisotopic (exact) mass is 518 g/mol. The molecule has 0 bridgehead atoms. The highest BCUT2D eigenvalue weighted by Crippen LogP contribution is 2.56. The van der Waals surface area contributed by atoms with Crippen LogP contribution in [0.5, 0.6) is 0 Å². The maximum atomic E-state index is 15.8. The fourth-order valence-electron chi connectivity index (χ4n) is 5.61. The lowest BCUT2D eigenvalue weighted by molar-refractivity contribution is -0.153. The number of nitrogens with zero attached hydrogens (tertiary/aromatic N) is 1. The zero-order valence-corrected chi connectivity index (χ0v) is 21.3. The van der Waals surface area contributed by atoms with Gasteiger partial charge in [0.2, 0.25) is 15.5 Å². The van der Waals surface area contributed by atoms with Crippen molar-refractivity contribution in [2.75, 3.05) is 6.54 Å². The van der Waals surface area contributed by atoms with Crippen LogP contribution in [0, 0.1) is 17.2 Å². The van der Waals surface area contributed by atoms with Crippen LogP contribution in [0.15, 0.2) is 48.5 Å². The van der Waals surface area contributed by atoms with E-state index in [4.69, 9.17) is 0 Å². The van der Waals surface area contributed by atoms with Gasteiger partial charge in [-0.25, -0.2) is 21.9 Å². The Morgan fingerprint density at radius 1 is 1.19 bits per heavy atom. The molecule has 1 aliphatic heterocycles. The van der Waals surface area contributed by atoms with Gasteiger partial charge in [0.15, 0.2) is 0 Å². The van der Waals surface area contributed by atoms with Gasteiger partial charge in [0.1, 0.15) is 11.4 Å². The van der Waals surface area contributed by atoms with Crippen molar-refractivity contribution >= 4 is 15.9 Å². The second kappa shape index (κ2) is 8.89. The minimum atomic E-state index is -4.30. The van der Waals surface area contributed by atoms with E-state index in [9.17, 15) is 22.7 Å². The molecule has 36 heavy (non-hydrogen) atoms. The summed E-state index contributed by atoms with van der Waals surface area (Å²) < 4.78 is 57.4. The molecule has 1 heterocycles. The van der Waals surface area contributed by atoms with Crippen LogP contribution in [-0.4, -0.2) is 54.1 Å². The molecule has 2 N–H and O–H groups in total. The minimum absolute atomic E-state index is 0.0363. The van der Waals surface area contributed by atoms with Crippen molar-refractivity contribution in [1.29, 1.82) is 0 Å². The van der Waals surface area contributed by atoms with Gasteiger partial charge >= 0.3 is 0 Å². The highest BCUT2D eigenvalue weighted by molar-refractivity contribution is 7.89. The number of halogens is 2. The number of likely N-dealkylation sites (tertiary alicyclic amines) is 1. The molecule has 1 spiro atoms. The zero-order chi connectivity index (χ0) is 25.9. The molecule has 2 aromatic rings. The molecule has 3 fully saturated rings. The van der Waals surface area contributed by atoms with E-state index in [1.54, 1.807) is 30.3 Å². The van der Waals surface area contributed by atoms with E-state index in [2.05, 4.69) is 4.72 Å². The Hall–Kier alpha value is -2.36. The van der Waals surface area contributed by atoms with Crippen molar-refractivity contribution in [3.63, 3.8) is 0 Å². The topological polar surface area (TPSA) is 86.7 Å². The number of sulfonamides is 1. The Morgan fingerprint density at radius 3 is 2.44 bits per heavy atom. The summed E-state index contributed by atoms with van der Waals surface area (Å²) in [5.41, 5.74) is -2.82. The number of rotatable bonds is 8.